The summed E-state index contributed by atoms with van der Waals surface area (Å²) in [5.41, 5.74) is 0. The molecule has 0 spiro atoms. The van der Waals surface area contributed by atoms with Crippen LogP contribution in [0.2, 0.25) is 0 Å². The van der Waals surface area contributed by atoms with Crippen LogP contribution in [-0.2, 0) is 19.0 Å². The molecule has 0 saturated carbocycles. The molecule has 0 aliphatic rings. The van der Waals surface area contributed by atoms with Crippen LogP contribution in [0, 0.1) is 0 Å². The smallest absolute Gasteiger partial charge is 0.332 e. The molecule has 0 N–H and O–H groups in total. The van der Waals surface area contributed by atoms with E-state index >= 15 is 0 Å². The largest absolute Gasteiger partial charge is 0.485 e. The Balaban J connectivity index is 3.36. The molecule has 0 radical (unpaired) electrons. The second-order valence-electron chi connectivity index (χ2n) is 2.93. The maximum absolute atomic E-state index is 11.0. The molecule has 88 valence electrons. The standard InChI is InChI=1S/C10H18O4S/c1-3-5-13-9(11)7-12-8-10(15)14-6-4-2/h3-8H2,1-2H3. The van der Waals surface area contributed by atoms with E-state index < -0.39 is 0 Å². The Kier molecular flexibility index (Phi) is 9.41. The normalized spacial score (nSPS) is 9.73. The van der Waals surface area contributed by atoms with Crippen LogP contribution in [0.4, 0.5) is 0 Å². The van der Waals surface area contributed by atoms with Gasteiger partial charge in [0.05, 0.1) is 13.2 Å². The van der Waals surface area contributed by atoms with Gasteiger partial charge in [0, 0.05) is 0 Å². The zero-order valence-corrected chi connectivity index (χ0v) is 10.1. The molecular formula is C10H18O4S. The number of hydrogen-bond acceptors (Lipinski definition) is 5. The second-order valence-corrected chi connectivity index (χ2v) is 3.39. The average molecular weight is 234 g/mol. The molecule has 15 heavy (non-hydrogen) atoms. The third-order valence-electron chi connectivity index (χ3n) is 1.37. The van der Waals surface area contributed by atoms with Gasteiger partial charge in [-0.25, -0.2) is 4.79 Å². The molecule has 0 bridgehead atoms. The van der Waals surface area contributed by atoms with Crippen molar-refractivity contribution in [2.24, 2.45) is 0 Å². The highest BCUT2D eigenvalue weighted by Gasteiger charge is 2.03. The first kappa shape index (κ1) is 14.3. The van der Waals surface area contributed by atoms with Crippen LogP contribution in [0.5, 0.6) is 0 Å². The molecule has 0 aromatic rings. The van der Waals surface area contributed by atoms with Gasteiger partial charge in [-0.15, -0.1) is 0 Å². The van der Waals surface area contributed by atoms with Gasteiger partial charge in [0.15, 0.2) is 5.05 Å². The van der Waals surface area contributed by atoms with Gasteiger partial charge in [-0.1, -0.05) is 13.8 Å². The average Bonchev–Trinajstić information content (AvgIpc) is 2.23. The monoisotopic (exact) mass is 234 g/mol. The lowest BCUT2D eigenvalue weighted by Crippen LogP contribution is -2.18. The van der Waals surface area contributed by atoms with E-state index in [9.17, 15) is 4.79 Å². The van der Waals surface area contributed by atoms with Crippen LogP contribution in [0.3, 0.4) is 0 Å². The molecule has 0 atom stereocenters. The Labute approximate surface area is 95.9 Å². The lowest BCUT2D eigenvalue weighted by atomic mass is 10.5. The van der Waals surface area contributed by atoms with E-state index in [1.54, 1.807) is 0 Å². The van der Waals surface area contributed by atoms with Crippen molar-refractivity contribution in [1.29, 1.82) is 0 Å². The van der Waals surface area contributed by atoms with Crippen molar-refractivity contribution in [3.63, 3.8) is 0 Å². The Bertz CT molecular complexity index is 174. The summed E-state index contributed by atoms with van der Waals surface area (Å²) in [5.74, 6) is -0.366. The summed E-state index contributed by atoms with van der Waals surface area (Å²) in [6.45, 7) is 5.03. The molecule has 0 unspecified atom stereocenters. The Hall–Kier alpha value is -0.680. The molecule has 0 heterocycles. The number of carbonyl (C=O) groups is 1. The summed E-state index contributed by atoms with van der Waals surface area (Å²) in [4.78, 5) is 11.0. The van der Waals surface area contributed by atoms with Crippen LogP contribution in [-0.4, -0.2) is 37.4 Å². The minimum absolute atomic E-state index is 0.0738. The van der Waals surface area contributed by atoms with Gasteiger partial charge < -0.3 is 14.2 Å². The van der Waals surface area contributed by atoms with Gasteiger partial charge in [0.1, 0.15) is 13.2 Å². The van der Waals surface area contributed by atoms with Crippen LogP contribution < -0.4 is 0 Å². The van der Waals surface area contributed by atoms with E-state index in [4.69, 9.17) is 26.4 Å². The van der Waals surface area contributed by atoms with E-state index in [-0.39, 0.29) is 19.2 Å². The summed E-state index contributed by atoms with van der Waals surface area (Å²) in [6, 6.07) is 0. The lowest BCUT2D eigenvalue weighted by Gasteiger charge is -2.07. The van der Waals surface area contributed by atoms with Gasteiger partial charge >= 0.3 is 5.97 Å². The van der Waals surface area contributed by atoms with E-state index in [1.807, 2.05) is 13.8 Å². The topological polar surface area (TPSA) is 44.8 Å². The Morgan fingerprint density at radius 2 is 1.67 bits per heavy atom. The third-order valence-corrected chi connectivity index (χ3v) is 1.61. The van der Waals surface area contributed by atoms with Crippen molar-refractivity contribution >= 4 is 23.2 Å². The van der Waals surface area contributed by atoms with Crippen molar-refractivity contribution < 1.29 is 19.0 Å². The first-order chi connectivity index (χ1) is 7.20. The maximum atomic E-state index is 11.0. The zero-order valence-electron chi connectivity index (χ0n) is 9.28. The fourth-order valence-electron chi connectivity index (χ4n) is 0.733. The molecule has 4 nitrogen and oxygen atoms in total. The maximum Gasteiger partial charge on any atom is 0.332 e. The lowest BCUT2D eigenvalue weighted by molar-refractivity contribution is -0.148. The third kappa shape index (κ3) is 9.62. The van der Waals surface area contributed by atoms with Crippen LogP contribution in [0.15, 0.2) is 0 Å². The highest BCUT2D eigenvalue weighted by molar-refractivity contribution is 7.80. The highest BCUT2D eigenvalue weighted by atomic mass is 32.1. The number of rotatable bonds is 8. The molecule has 0 fully saturated rings. The predicted molar refractivity (Wildman–Crippen MR) is 60.9 cm³/mol. The number of hydrogen-bond donors (Lipinski definition) is 0. The number of ether oxygens (including phenoxy) is 3. The van der Waals surface area contributed by atoms with E-state index in [0.29, 0.717) is 18.3 Å². The van der Waals surface area contributed by atoms with E-state index in [2.05, 4.69) is 0 Å². The first-order valence-corrected chi connectivity index (χ1v) is 5.50. The molecule has 0 saturated heterocycles. The van der Waals surface area contributed by atoms with Crippen LogP contribution >= 0.6 is 12.2 Å². The van der Waals surface area contributed by atoms with Crippen molar-refractivity contribution in [3.8, 4) is 0 Å². The minimum atomic E-state index is -0.366. The molecular weight excluding hydrogens is 216 g/mol. The molecule has 0 aromatic heterocycles. The number of carbonyl (C=O) groups excluding carboxylic acids is 1. The molecule has 0 aromatic carbocycles. The van der Waals surface area contributed by atoms with Gasteiger partial charge in [-0.05, 0) is 25.1 Å². The summed E-state index contributed by atoms with van der Waals surface area (Å²) in [5, 5.41) is 0.375. The second kappa shape index (κ2) is 9.86. The Morgan fingerprint density at radius 3 is 2.27 bits per heavy atom. The zero-order chi connectivity index (χ0) is 11.5. The first-order valence-electron chi connectivity index (χ1n) is 5.09. The predicted octanol–water partition coefficient (Wildman–Crippen LogP) is 1.71. The summed E-state index contributed by atoms with van der Waals surface area (Å²) in [7, 11) is 0. The van der Waals surface area contributed by atoms with Crippen molar-refractivity contribution in [1.82, 2.24) is 0 Å². The Morgan fingerprint density at radius 1 is 1.07 bits per heavy atom. The van der Waals surface area contributed by atoms with Gasteiger partial charge in [0.2, 0.25) is 0 Å². The van der Waals surface area contributed by atoms with Crippen molar-refractivity contribution in [2.45, 2.75) is 26.7 Å². The van der Waals surface area contributed by atoms with Gasteiger partial charge in [0.25, 0.3) is 0 Å². The van der Waals surface area contributed by atoms with Crippen LogP contribution in [0.25, 0.3) is 0 Å². The SMILES string of the molecule is CCCOC(=O)COCC(=S)OCCC. The fourth-order valence-corrected chi connectivity index (χ4v) is 0.899. The van der Waals surface area contributed by atoms with Crippen LogP contribution in [0.1, 0.15) is 26.7 Å². The van der Waals surface area contributed by atoms with Crippen molar-refractivity contribution in [3.05, 3.63) is 0 Å². The summed E-state index contributed by atoms with van der Waals surface area (Å²) >= 11 is 4.86. The molecule has 5 heteroatoms. The quantitative estimate of drug-likeness (QED) is 0.472. The van der Waals surface area contributed by atoms with Crippen molar-refractivity contribution in [2.75, 3.05) is 26.4 Å². The molecule has 0 rings (SSSR count). The summed E-state index contributed by atoms with van der Waals surface area (Å²) in [6.07, 6.45) is 1.71. The minimum Gasteiger partial charge on any atom is -0.485 e. The summed E-state index contributed by atoms with van der Waals surface area (Å²) < 4.78 is 14.9. The number of thiocarbonyl (C=S) groups is 1. The molecule has 0 aliphatic carbocycles. The van der Waals surface area contributed by atoms with Gasteiger partial charge in [-0.2, -0.15) is 0 Å². The highest BCUT2D eigenvalue weighted by Crippen LogP contribution is 1.89. The number of esters is 1. The van der Waals surface area contributed by atoms with Gasteiger partial charge in [-0.3, -0.25) is 0 Å². The molecule has 0 amide bonds. The molecule has 0 aliphatic heterocycles. The van der Waals surface area contributed by atoms with E-state index in [0.717, 1.165) is 12.8 Å². The van der Waals surface area contributed by atoms with E-state index in [1.165, 1.54) is 0 Å². The fraction of sp³-hybridized carbons (Fsp3) is 0.800.